The van der Waals surface area contributed by atoms with Gasteiger partial charge < -0.3 is 6.42 Å². The Morgan fingerprint density at radius 1 is 0.485 bits per heavy atom. The van der Waals surface area contributed by atoms with E-state index in [1.807, 2.05) is 107 Å². The van der Waals surface area contributed by atoms with E-state index in [0.29, 0.717) is 0 Å². The molecule has 3 heteroatoms. The van der Waals surface area contributed by atoms with Crippen molar-refractivity contribution in [3.8, 4) is 5.92 Å². The summed E-state index contributed by atoms with van der Waals surface area (Å²) in [5.41, 5.74) is 2.78. The van der Waals surface area contributed by atoms with Crippen LogP contribution in [0.25, 0.3) is 21.8 Å². The van der Waals surface area contributed by atoms with Crippen molar-refractivity contribution in [2.24, 2.45) is 0 Å². The van der Waals surface area contributed by atoms with E-state index in [0.717, 1.165) is 27.4 Å². The van der Waals surface area contributed by atoms with Crippen LogP contribution in [0.4, 0.5) is 0 Å². The van der Waals surface area contributed by atoms with Gasteiger partial charge in [-0.15, -0.1) is 17.7 Å². The zero-order valence-electron chi connectivity index (χ0n) is 18.3. The van der Waals surface area contributed by atoms with Gasteiger partial charge in [-0.05, 0) is 76.3 Å². The molecular weight excluding hydrogens is 527 g/mol. The van der Waals surface area contributed by atoms with Gasteiger partial charge in [0.1, 0.15) is 0 Å². The third kappa shape index (κ3) is 9.81. The van der Waals surface area contributed by atoms with Gasteiger partial charge in [-0.2, -0.15) is 0 Å². The first kappa shape index (κ1) is 27.3. The Hall–Kier alpha value is -1.99. The van der Waals surface area contributed by atoms with Gasteiger partial charge in [0.05, 0.1) is 11.0 Å². The van der Waals surface area contributed by atoms with Crippen LogP contribution in [0.2, 0.25) is 0 Å². The molecule has 2 aliphatic rings. The predicted octanol–water partition coefficient (Wildman–Crippen LogP) is 6.45. The first-order chi connectivity index (χ1) is 15.9. The maximum Gasteiger partial charge on any atom is 0.0964 e. The van der Waals surface area contributed by atoms with Crippen LogP contribution in [0.15, 0.2) is 79.1 Å². The summed E-state index contributed by atoms with van der Waals surface area (Å²) < 4.78 is 0. The molecule has 0 amide bonds. The summed E-state index contributed by atoms with van der Waals surface area (Å²) in [6.45, 7) is 0. The van der Waals surface area contributed by atoms with Crippen molar-refractivity contribution in [3.05, 3.63) is 155 Å². The third-order valence-corrected chi connectivity index (χ3v) is 4.37. The minimum atomic E-state index is 0. The first-order valence-electron chi connectivity index (χ1n) is 10.3. The molecule has 2 nitrogen and oxygen atoms in total. The summed E-state index contributed by atoms with van der Waals surface area (Å²) >= 11 is 0. The van der Waals surface area contributed by atoms with Gasteiger partial charge in [0.15, 0.2) is 0 Å². The van der Waals surface area contributed by atoms with Gasteiger partial charge in [-0.1, -0.05) is 42.5 Å². The van der Waals surface area contributed by atoms with Crippen molar-refractivity contribution in [2.75, 3.05) is 0 Å². The number of nitrogens with zero attached hydrogens (tertiary/aromatic N) is 2. The Balaban J connectivity index is 0.000000172. The number of rotatable bonds is 0. The minimum absolute atomic E-state index is 0. The second-order valence-corrected chi connectivity index (χ2v) is 6.63. The Labute approximate surface area is 227 Å². The average Bonchev–Trinajstić information content (AvgIpc) is 3.65. The minimum Gasteiger partial charge on any atom is -0.366 e. The van der Waals surface area contributed by atoms with E-state index in [9.17, 15) is 0 Å². The molecule has 0 aliphatic heterocycles. The molecule has 33 heavy (non-hydrogen) atoms. The van der Waals surface area contributed by atoms with Crippen LogP contribution < -0.4 is 0 Å². The van der Waals surface area contributed by atoms with E-state index in [1.54, 1.807) is 12.4 Å². The number of hydrogen-bond donors (Lipinski definition) is 0. The molecule has 11 radical (unpaired) electrons. The van der Waals surface area contributed by atoms with E-state index in [4.69, 9.17) is 6.42 Å². The number of hydrogen-bond acceptors (Lipinski definition) is 2. The summed E-state index contributed by atoms with van der Waals surface area (Å²) in [5, 5.41) is 2.28. The molecule has 2 aromatic heterocycles. The van der Waals surface area contributed by atoms with Crippen molar-refractivity contribution < 1.29 is 35.6 Å². The third-order valence-electron chi connectivity index (χ3n) is 4.37. The fourth-order valence-electron chi connectivity index (χ4n) is 2.84. The molecule has 0 saturated heterocycles. The molecule has 2 fully saturated rings. The molecule has 0 unspecified atom stereocenters. The van der Waals surface area contributed by atoms with E-state index in [-0.39, 0.29) is 35.6 Å². The summed E-state index contributed by atoms with van der Waals surface area (Å²) in [6.07, 6.45) is 30.3. The van der Waals surface area contributed by atoms with Crippen molar-refractivity contribution in [1.29, 1.82) is 0 Å². The fourth-order valence-corrected chi connectivity index (χ4v) is 2.84. The summed E-state index contributed by atoms with van der Waals surface area (Å²) in [5.74, 6) is 2.28. The van der Waals surface area contributed by atoms with Crippen LogP contribution in [-0.2, 0) is 0 Å². The van der Waals surface area contributed by atoms with Crippen molar-refractivity contribution in [1.82, 2.24) is 9.97 Å². The van der Waals surface area contributed by atoms with E-state index in [2.05, 4.69) is 40.2 Å². The van der Waals surface area contributed by atoms with Crippen LogP contribution in [-0.4, -0.2) is 9.97 Å². The summed E-state index contributed by atoms with van der Waals surface area (Å²) in [4.78, 5) is 8.69. The van der Waals surface area contributed by atoms with Crippen LogP contribution in [0.5, 0.6) is 0 Å². The molecular formula is C30H23LaN2-. The Morgan fingerprint density at radius 2 is 0.879 bits per heavy atom. The molecule has 2 heterocycles. The van der Waals surface area contributed by atoms with Gasteiger partial charge >= 0.3 is 0 Å². The van der Waals surface area contributed by atoms with Crippen LogP contribution in [0.3, 0.4) is 0 Å². The topological polar surface area (TPSA) is 25.8 Å². The molecule has 157 valence electrons. The van der Waals surface area contributed by atoms with E-state index >= 15 is 0 Å². The largest absolute Gasteiger partial charge is 0.366 e. The van der Waals surface area contributed by atoms with E-state index < -0.39 is 0 Å². The van der Waals surface area contributed by atoms with E-state index in [1.165, 1.54) is 0 Å². The zero-order valence-corrected chi connectivity index (χ0v) is 21.9. The van der Waals surface area contributed by atoms with Gasteiger partial charge in [0.25, 0.3) is 0 Å². The van der Waals surface area contributed by atoms with Crippen molar-refractivity contribution in [3.63, 3.8) is 0 Å². The first-order valence-corrected chi connectivity index (χ1v) is 10.3. The molecule has 2 aromatic carbocycles. The van der Waals surface area contributed by atoms with Crippen LogP contribution in [0.1, 0.15) is 5.56 Å². The molecule has 0 atom stereocenters. The average molecular weight is 550 g/mol. The smallest absolute Gasteiger partial charge is 0.0964 e. The standard InChI is InChI=1S/C12H8N2.C8H5.2C5H5.La/c1-3-9-5-6-10-4-2-8-14-12(10)11(9)13-7-1;1-2-8-6-4-3-5-7-8;2*1-2-4-5-3-1;/h1-8H;3-7H;2*1-5H;/q;-1;;;. The van der Waals surface area contributed by atoms with Crippen molar-refractivity contribution in [2.45, 2.75) is 0 Å². The fraction of sp³-hybridized carbons (Fsp3) is 0. The zero-order chi connectivity index (χ0) is 22.3. The number of benzene rings is 2. The Kier molecular flexibility index (Phi) is 13.7. The quantitative estimate of drug-likeness (QED) is 0.143. The molecule has 4 aromatic rings. The molecule has 2 aliphatic carbocycles. The van der Waals surface area contributed by atoms with Crippen LogP contribution >= 0.6 is 0 Å². The number of pyridine rings is 2. The summed E-state index contributed by atoms with van der Waals surface area (Å²) in [7, 11) is 0. The SMILES string of the molecule is [C-]#Cc1ccccc1.[CH]1[CH][CH][CH][CH]1.[CH]1[CH][CH][CH][CH]1.[La].c1cnc2c(c1)ccc1cccnc12. The van der Waals surface area contributed by atoms with Crippen LogP contribution in [0, 0.1) is 112 Å². The number of fused-ring (bicyclic) bond motifs is 3. The monoisotopic (exact) mass is 550 g/mol. The Morgan fingerprint density at radius 3 is 1.21 bits per heavy atom. The number of aromatic nitrogens is 2. The maximum absolute atomic E-state index is 6.69. The van der Waals surface area contributed by atoms with Gasteiger partial charge in [0.2, 0.25) is 0 Å². The van der Waals surface area contributed by atoms with Crippen molar-refractivity contribution >= 4 is 21.8 Å². The molecule has 0 bridgehead atoms. The molecule has 6 rings (SSSR count). The normalized spacial score (nSPS) is 13.8. The van der Waals surface area contributed by atoms with Gasteiger partial charge in [-0.3, -0.25) is 15.9 Å². The molecule has 0 spiro atoms. The summed E-state index contributed by atoms with van der Waals surface area (Å²) in [6, 6.07) is 21.5. The maximum atomic E-state index is 6.69. The molecule has 0 N–H and O–H groups in total. The van der Waals surface area contributed by atoms with Gasteiger partial charge in [-0.25, -0.2) is 0 Å². The van der Waals surface area contributed by atoms with Gasteiger partial charge in [0, 0.05) is 58.8 Å². The Bertz CT molecular complexity index is 1010. The second kappa shape index (κ2) is 16.6. The molecule has 2 saturated carbocycles. The predicted molar refractivity (Wildman–Crippen MR) is 133 cm³/mol. The second-order valence-electron chi connectivity index (χ2n) is 6.63.